The van der Waals surface area contributed by atoms with Crippen molar-refractivity contribution in [2.45, 2.75) is 24.7 Å². The van der Waals surface area contributed by atoms with Crippen molar-refractivity contribution in [3.05, 3.63) is 246 Å². The van der Waals surface area contributed by atoms with Crippen LogP contribution < -0.4 is 4.90 Å². The fourth-order valence-electron chi connectivity index (χ4n) is 11.0. The zero-order valence-corrected chi connectivity index (χ0v) is 33.2. The third kappa shape index (κ3) is 4.67. The molecule has 1 nitrogen and oxygen atoms in total. The van der Waals surface area contributed by atoms with Crippen molar-refractivity contribution in [1.29, 1.82) is 0 Å². The van der Waals surface area contributed by atoms with Crippen molar-refractivity contribution < 1.29 is 0 Å². The summed E-state index contributed by atoms with van der Waals surface area (Å²) in [7, 11) is 0. The van der Waals surface area contributed by atoms with Gasteiger partial charge in [0.15, 0.2) is 0 Å². The molecule has 0 unspecified atom stereocenters. The summed E-state index contributed by atoms with van der Waals surface area (Å²) in [5, 5.41) is 0. The molecule has 1 heteroatoms. The molecule has 1 atom stereocenters. The van der Waals surface area contributed by atoms with Crippen LogP contribution in [0.4, 0.5) is 17.1 Å². The highest BCUT2D eigenvalue weighted by Crippen LogP contribution is 2.65. The Morgan fingerprint density at radius 1 is 0.305 bits per heavy atom. The monoisotopic (exact) mass is 751 g/mol. The molecule has 12 rings (SSSR count). The van der Waals surface area contributed by atoms with E-state index in [9.17, 15) is 0 Å². The lowest BCUT2D eigenvalue weighted by molar-refractivity contribution is 0.660. The summed E-state index contributed by atoms with van der Waals surface area (Å²) in [5.41, 5.74) is 23.8. The summed E-state index contributed by atoms with van der Waals surface area (Å²) < 4.78 is 0. The van der Waals surface area contributed by atoms with Crippen LogP contribution in [0.3, 0.4) is 0 Å². The average molecular weight is 752 g/mol. The fourth-order valence-corrected chi connectivity index (χ4v) is 11.0. The summed E-state index contributed by atoms with van der Waals surface area (Å²) in [6.45, 7) is 4.73. The Morgan fingerprint density at radius 2 is 0.831 bits per heavy atom. The van der Waals surface area contributed by atoms with E-state index in [-0.39, 0.29) is 5.41 Å². The van der Waals surface area contributed by atoms with Crippen LogP contribution in [-0.4, -0.2) is 0 Å². The smallest absolute Gasteiger partial charge is 0.0725 e. The van der Waals surface area contributed by atoms with Crippen LogP contribution in [0.15, 0.2) is 212 Å². The van der Waals surface area contributed by atoms with E-state index in [0.29, 0.717) is 0 Å². The number of fused-ring (bicyclic) bond motifs is 13. The summed E-state index contributed by atoms with van der Waals surface area (Å²) >= 11 is 0. The first-order chi connectivity index (χ1) is 29.0. The van der Waals surface area contributed by atoms with Gasteiger partial charge >= 0.3 is 0 Å². The maximum atomic E-state index is 2.47. The zero-order valence-electron chi connectivity index (χ0n) is 33.2. The van der Waals surface area contributed by atoms with Gasteiger partial charge in [0.2, 0.25) is 0 Å². The predicted molar refractivity (Wildman–Crippen MR) is 246 cm³/mol. The second-order valence-corrected chi connectivity index (χ2v) is 16.8. The number of anilines is 3. The Hall–Kier alpha value is -7.22. The highest BCUT2D eigenvalue weighted by atomic mass is 15.1. The Morgan fingerprint density at radius 3 is 1.59 bits per heavy atom. The molecule has 0 saturated carbocycles. The number of benzene rings is 9. The molecule has 3 aliphatic carbocycles. The lowest BCUT2D eigenvalue weighted by Crippen LogP contribution is -2.25. The number of hydrogen-bond donors (Lipinski definition) is 0. The highest BCUT2D eigenvalue weighted by molar-refractivity contribution is 6.03. The first-order valence-electron chi connectivity index (χ1n) is 20.8. The largest absolute Gasteiger partial charge is 0.310 e. The van der Waals surface area contributed by atoms with Crippen LogP contribution in [-0.2, 0) is 10.8 Å². The lowest BCUT2D eigenvalue weighted by Gasteiger charge is -2.31. The van der Waals surface area contributed by atoms with Crippen molar-refractivity contribution in [1.82, 2.24) is 0 Å². The molecule has 59 heavy (non-hydrogen) atoms. The maximum absolute atomic E-state index is 2.47. The fraction of sp³-hybridized carbons (Fsp3) is 0.0690. The molecule has 0 bridgehead atoms. The van der Waals surface area contributed by atoms with Crippen molar-refractivity contribution in [2.24, 2.45) is 0 Å². The normalized spacial score (nSPS) is 15.8. The Kier molecular flexibility index (Phi) is 7.26. The van der Waals surface area contributed by atoms with Crippen LogP contribution in [0.5, 0.6) is 0 Å². The summed E-state index contributed by atoms with van der Waals surface area (Å²) in [6, 6.07) is 79.2. The first kappa shape index (κ1) is 33.9. The van der Waals surface area contributed by atoms with E-state index in [0.717, 1.165) is 17.1 Å². The van der Waals surface area contributed by atoms with Crippen molar-refractivity contribution in [2.75, 3.05) is 4.90 Å². The predicted octanol–water partition coefficient (Wildman–Crippen LogP) is 15.1. The highest BCUT2D eigenvalue weighted by Gasteiger charge is 2.52. The van der Waals surface area contributed by atoms with E-state index in [1.807, 2.05) is 0 Å². The minimum absolute atomic E-state index is 0.115. The second kappa shape index (κ2) is 12.6. The van der Waals surface area contributed by atoms with Gasteiger partial charge in [-0.05, 0) is 120 Å². The van der Waals surface area contributed by atoms with Gasteiger partial charge in [-0.2, -0.15) is 0 Å². The Bertz CT molecular complexity index is 3140. The molecule has 0 heterocycles. The van der Waals surface area contributed by atoms with E-state index in [2.05, 4.69) is 231 Å². The second-order valence-electron chi connectivity index (χ2n) is 16.8. The van der Waals surface area contributed by atoms with Crippen LogP contribution >= 0.6 is 0 Å². The molecule has 0 aromatic heterocycles. The van der Waals surface area contributed by atoms with Gasteiger partial charge in [-0.25, -0.2) is 0 Å². The molecular formula is C58H41N. The average Bonchev–Trinajstić information content (AvgIpc) is 3.86. The van der Waals surface area contributed by atoms with Gasteiger partial charge < -0.3 is 4.90 Å². The molecule has 0 amide bonds. The number of nitrogens with zero attached hydrogens (tertiary/aromatic N) is 1. The van der Waals surface area contributed by atoms with Crippen LogP contribution in [0.1, 0.15) is 47.2 Å². The minimum atomic E-state index is -0.465. The molecule has 9 aromatic rings. The maximum Gasteiger partial charge on any atom is 0.0725 e. The molecule has 9 aromatic carbocycles. The van der Waals surface area contributed by atoms with E-state index in [4.69, 9.17) is 0 Å². The van der Waals surface area contributed by atoms with Gasteiger partial charge in [-0.1, -0.05) is 190 Å². The molecule has 0 fully saturated rings. The van der Waals surface area contributed by atoms with E-state index in [1.165, 1.54) is 89.0 Å². The summed E-state index contributed by atoms with van der Waals surface area (Å²) in [6.07, 6.45) is 0. The molecule has 0 saturated heterocycles. The quantitative estimate of drug-likeness (QED) is 0.169. The van der Waals surface area contributed by atoms with Crippen LogP contribution in [0, 0.1) is 0 Å². The molecule has 3 aliphatic rings. The SMILES string of the molecule is CC1(C)c2ccccc2-c2ccc(N(c3ccccc3)c3ccccc3-c3cccc4c3-c3ccccc3[C@@]43c4ccccc4-c4ccc(-c5ccccc5)cc43)cc21. The third-order valence-electron chi connectivity index (χ3n) is 13.5. The number of hydrogen-bond acceptors (Lipinski definition) is 1. The summed E-state index contributed by atoms with van der Waals surface area (Å²) in [4.78, 5) is 2.47. The van der Waals surface area contributed by atoms with Crippen molar-refractivity contribution in [3.63, 3.8) is 0 Å². The Labute approximate surface area is 346 Å². The standard InChI is InChI=1S/C58H41N/c1-57(2)49-27-13-9-22-42(49)44-35-33-41(37-53(44)57)59(40-20-7-4-8-21-40)55-31-16-12-24-46(55)47-26-17-30-52-56(47)48-25-11-15-29-51(48)58(52)50-28-14-10-23-43(50)45-34-32-39(36-54(45)58)38-18-5-3-6-19-38/h3-37H,1-2H3/t58-/m0/s1. The number of para-hydroxylation sites is 2. The van der Waals surface area contributed by atoms with E-state index in [1.54, 1.807) is 0 Å². The van der Waals surface area contributed by atoms with Gasteiger partial charge in [0.1, 0.15) is 0 Å². The van der Waals surface area contributed by atoms with Gasteiger partial charge in [0.25, 0.3) is 0 Å². The van der Waals surface area contributed by atoms with Gasteiger partial charge in [0.05, 0.1) is 11.1 Å². The van der Waals surface area contributed by atoms with E-state index < -0.39 is 5.41 Å². The topological polar surface area (TPSA) is 3.24 Å². The van der Waals surface area contributed by atoms with Crippen molar-refractivity contribution in [3.8, 4) is 55.6 Å². The minimum Gasteiger partial charge on any atom is -0.310 e. The lowest BCUT2D eigenvalue weighted by atomic mass is 9.70. The Balaban J connectivity index is 1.10. The van der Waals surface area contributed by atoms with Gasteiger partial charge in [-0.15, -0.1) is 0 Å². The molecule has 0 N–H and O–H groups in total. The molecular weight excluding hydrogens is 711 g/mol. The van der Waals surface area contributed by atoms with E-state index >= 15 is 0 Å². The zero-order chi connectivity index (χ0) is 39.3. The van der Waals surface area contributed by atoms with Gasteiger partial charge in [-0.3, -0.25) is 0 Å². The number of rotatable bonds is 5. The molecule has 0 radical (unpaired) electrons. The van der Waals surface area contributed by atoms with Crippen LogP contribution in [0.2, 0.25) is 0 Å². The molecule has 1 spiro atoms. The third-order valence-corrected chi connectivity index (χ3v) is 13.5. The van der Waals surface area contributed by atoms with Crippen LogP contribution in [0.25, 0.3) is 55.6 Å². The summed E-state index contributed by atoms with van der Waals surface area (Å²) in [5.74, 6) is 0. The molecule has 278 valence electrons. The van der Waals surface area contributed by atoms with Gasteiger partial charge in [0, 0.05) is 22.4 Å². The molecule has 0 aliphatic heterocycles. The first-order valence-corrected chi connectivity index (χ1v) is 20.8. The van der Waals surface area contributed by atoms with Crippen molar-refractivity contribution >= 4 is 17.1 Å².